The second kappa shape index (κ2) is 6.05. The van der Waals surface area contributed by atoms with Gasteiger partial charge in [0.2, 0.25) is 0 Å². The van der Waals surface area contributed by atoms with Gasteiger partial charge in [-0.15, -0.1) is 0 Å². The van der Waals surface area contributed by atoms with Crippen LogP contribution in [-0.2, 0) is 4.57 Å². The Morgan fingerprint density at radius 3 is 2.14 bits per heavy atom. The lowest BCUT2D eigenvalue weighted by Gasteiger charge is -2.14. The number of carbonyl (C=O) groups excluding carboxylic acids is 1. The summed E-state index contributed by atoms with van der Waals surface area (Å²) in [6, 6.07) is 9.83. The van der Waals surface area contributed by atoms with Crippen LogP contribution in [0.25, 0.3) is 0 Å². The molecule has 0 atom stereocenters. The lowest BCUT2D eigenvalue weighted by molar-refractivity contribution is 0.103. The van der Waals surface area contributed by atoms with Gasteiger partial charge in [-0.3, -0.25) is 14.6 Å². The van der Waals surface area contributed by atoms with Gasteiger partial charge in [-0.05, 0) is 44.0 Å². The third-order valence-corrected chi connectivity index (χ3v) is 3.69. The Bertz CT molecular complexity index is 753. The Morgan fingerprint density at radius 2 is 1.59 bits per heavy atom. The molecule has 0 radical (unpaired) electrons. The van der Waals surface area contributed by atoms with Crippen LogP contribution in [0.15, 0.2) is 36.4 Å². The van der Waals surface area contributed by atoms with Crippen LogP contribution in [0.1, 0.15) is 32.6 Å². The van der Waals surface area contributed by atoms with E-state index in [1.165, 1.54) is 12.1 Å². The van der Waals surface area contributed by atoms with Gasteiger partial charge in [-0.1, -0.05) is 29.8 Å². The summed E-state index contributed by atoms with van der Waals surface area (Å²) in [4.78, 5) is 30.7. The summed E-state index contributed by atoms with van der Waals surface area (Å²) in [6.45, 7) is 5.61. The van der Waals surface area contributed by atoms with Crippen LogP contribution < -0.4 is 4.52 Å². The van der Waals surface area contributed by atoms with E-state index < -0.39 is 7.82 Å². The monoisotopic (exact) mass is 320 g/mol. The molecule has 116 valence electrons. The summed E-state index contributed by atoms with van der Waals surface area (Å²) in [5.74, 6) is -0.445. The van der Waals surface area contributed by atoms with Crippen molar-refractivity contribution in [3.63, 3.8) is 0 Å². The summed E-state index contributed by atoms with van der Waals surface area (Å²) in [6.07, 6.45) is 0. The number of rotatable bonds is 4. The molecule has 0 aliphatic heterocycles. The molecule has 0 heterocycles. The van der Waals surface area contributed by atoms with E-state index >= 15 is 0 Å². The van der Waals surface area contributed by atoms with Crippen LogP contribution in [0, 0.1) is 20.8 Å². The Balaban J connectivity index is 2.54. The first kappa shape index (κ1) is 16.4. The van der Waals surface area contributed by atoms with Crippen molar-refractivity contribution in [2.75, 3.05) is 0 Å². The van der Waals surface area contributed by atoms with E-state index in [0.29, 0.717) is 5.56 Å². The molecule has 0 unspecified atom stereocenters. The second-order valence-electron chi connectivity index (χ2n) is 5.18. The van der Waals surface area contributed by atoms with Gasteiger partial charge in [0.25, 0.3) is 0 Å². The first-order valence-corrected chi connectivity index (χ1v) is 8.19. The van der Waals surface area contributed by atoms with Gasteiger partial charge in [0.1, 0.15) is 5.75 Å². The molecule has 0 bridgehead atoms. The number of phosphoric acid groups is 1. The average Bonchev–Trinajstić information content (AvgIpc) is 2.35. The fourth-order valence-corrected chi connectivity index (χ4v) is 2.95. The Hall–Kier alpha value is -1.94. The van der Waals surface area contributed by atoms with Gasteiger partial charge in [0.15, 0.2) is 5.78 Å². The molecule has 2 aromatic carbocycles. The van der Waals surface area contributed by atoms with Gasteiger partial charge in [-0.2, -0.15) is 0 Å². The highest BCUT2D eigenvalue weighted by atomic mass is 31.2. The average molecular weight is 320 g/mol. The van der Waals surface area contributed by atoms with E-state index in [1.54, 1.807) is 12.1 Å². The highest BCUT2D eigenvalue weighted by Gasteiger charge is 2.23. The summed E-state index contributed by atoms with van der Waals surface area (Å²) in [7, 11) is -4.73. The molecule has 6 heteroatoms. The Morgan fingerprint density at radius 1 is 1.05 bits per heavy atom. The van der Waals surface area contributed by atoms with Crippen molar-refractivity contribution in [1.29, 1.82) is 0 Å². The zero-order chi connectivity index (χ0) is 16.5. The number of benzene rings is 2. The van der Waals surface area contributed by atoms with Crippen LogP contribution in [0.5, 0.6) is 5.75 Å². The SMILES string of the molecule is Cc1cc(C)c(C(=O)c2ccccc2OP(=O)(O)O)c(C)c1. The van der Waals surface area contributed by atoms with Gasteiger partial charge >= 0.3 is 7.82 Å². The Kier molecular flexibility index (Phi) is 4.52. The van der Waals surface area contributed by atoms with Crippen LogP contribution in [0.2, 0.25) is 0 Å². The number of hydrogen-bond acceptors (Lipinski definition) is 3. The molecular formula is C16H17O5P. The van der Waals surface area contributed by atoms with Crippen LogP contribution >= 0.6 is 7.82 Å². The fourth-order valence-electron chi connectivity index (χ4n) is 2.53. The normalized spacial score (nSPS) is 11.3. The third-order valence-electron chi connectivity index (χ3n) is 3.25. The Labute approximate surface area is 128 Å². The number of carbonyl (C=O) groups is 1. The number of phosphoric ester groups is 1. The van der Waals surface area contributed by atoms with Crippen LogP contribution in [-0.4, -0.2) is 15.6 Å². The maximum atomic E-state index is 12.8. The van der Waals surface area contributed by atoms with Crippen molar-refractivity contribution >= 4 is 13.6 Å². The van der Waals surface area contributed by atoms with Crippen LogP contribution in [0.4, 0.5) is 0 Å². The van der Waals surface area contributed by atoms with E-state index in [9.17, 15) is 9.36 Å². The largest absolute Gasteiger partial charge is 0.524 e. The summed E-state index contributed by atoms with van der Waals surface area (Å²) < 4.78 is 15.7. The van der Waals surface area contributed by atoms with Crippen molar-refractivity contribution in [2.24, 2.45) is 0 Å². The zero-order valence-corrected chi connectivity index (χ0v) is 13.4. The molecule has 0 spiro atoms. The van der Waals surface area contributed by atoms with Crippen molar-refractivity contribution in [2.45, 2.75) is 20.8 Å². The zero-order valence-electron chi connectivity index (χ0n) is 12.5. The molecule has 2 aromatic rings. The number of aryl methyl sites for hydroxylation is 3. The number of para-hydroxylation sites is 1. The number of ketones is 1. The van der Waals surface area contributed by atoms with Gasteiger partial charge < -0.3 is 4.52 Å². The first-order valence-electron chi connectivity index (χ1n) is 6.66. The first-order chi connectivity index (χ1) is 10.2. The molecule has 2 N–H and O–H groups in total. The van der Waals surface area contributed by atoms with Crippen molar-refractivity contribution in [3.05, 3.63) is 64.2 Å². The predicted octanol–water partition coefficient (Wildman–Crippen LogP) is 3.31. The van der Waals surface area contributed by atoms with E-state index in [1.807, 2.05) is 32.9 Å². The van der Waals surface area contributed by atoms with E-state index in [0.717, 1.165) is 16.7 Å². The lowest BCUT2D eigenvalue weighted by Crippen LogP contribution is -2.08. The van der Waals surface area contributed by atoms with Gasteiger partial charge in [0, 0.05) is 5.56 Å². The molecule has 22 heavy (non-hydrogen) atoms. The quantitative estimate of drug-likeness (QED) is 0.667. The third kappa shape index (κ3) is 3.63. The summed E-state index contributed by atoms with van der Waals surface area (Å²) in [5, 5.41) is 0. The molecule has 0 saturated heterocycles. The minimum absolute atomic E-state index is 0.125. The smallest absolute Gasteiger partial charge is 0.403 e. The van der Waals surface area contributed by atoms with E-state index in [4.69, 9.17) is 9.79 Å². The topological polar surface area (TPSA) is 83.8 Å². The summed E-state index contributed by atoms with van der Waals surface area (Å²) >= 11 is 0. The molecule has 0 aromatic heterocycles. The highest BCUT2D eigenvalue weighted by molar-refractivity contribution is 7.46. The maximum Gasteiger partial charge on any atom is 0.524 e. The number of hydrogen-bond donors (Lipinski definition) is 2. The fraction of sp³-hybridized carbons (Fsp3) is 0.188. The standard InChI is InChI=1S/C16H17O5P/c1-10-8-11(2)15(12(3)9-10)16(17)13-6-4-5-7-14(13)21-22(18,19)20/h4-9H,1-3H3,(H2,18,19,20). The van der Waals surface area contributed by atoms with Crippen molar-refractivity contribution < 1.29 is 23.7 Å². The minimum atomic E-state index is -4.73. The molecule has 5 nitrogen and oxygen atoms in total. The van der Waals surface area contributed by atoms with Gasteiger partial charge in [-0.25, -0.2) is 4.57 Å². The van der Waals surface area contributed by atoms with E-state index in [2.05, 4.69) is 4.52 Å². The maximum absolute atomic E-state index is 12.8. The van der Waals surface area contributed by atoms with Crippen molar-refractivity contribution in [3.8, 4) is 5.75 Å². The second-order valence-corrected chi connectivity index (χ2v) is 6.34. The molecule has 2 rings (SSSR count). The highest BCUT2D eigenvalue weighted by Crippen LogP contribution is 2.39. The molecule has 0 aliphatic carbocycles. The van der Waals surface area contributed by atoms with Gasteiger partial charge in [0.05, 0.1) is 5.56 Å². The predicted molar refractivity (Wildman–Crippen MR) is 83.2 cm³/mol. The summed E-state index contributed by atoms with van der Waals surface area (Å²) in [5.41, 5.74) is 3.32. The van der Waals surface area contributed by atoms with E-state index in [-0.39, 0.29) is 17.1 Å². The minimum Gasteiger partial charge on any atom is -0.403 e. The molecule has 0 fully saturated rings. The van der Waals surface area contributed by atoms with Crippen LogP contribution in [0.3, 0.4) is 0 Å². The molecular weight excluding hydrogens is 303 g/mol. The molecule has 0 amide bonds. The molecule has 0 aliphatic rings. The lowest BCUT2D eigenvalue weighted by atomic mass is 9.93. The molecule has 0 saturated carbocycles. The van der Waals surface area contributed by atoms with Crippen molar-refractivity contribution in [1.82, 2.24) is 0 Å².